The van der Waals surface area contributed by atoms with Gasteiger partial charge < -0.3 is 4.98 Å². The molecular formula is C26H24ClF2N3. The Hall–Kier alpha value is -2.53. The summed E-state index contributed by atoms with van der Waals surface area (Å²) < 4.78 is 27.7. The first-order chi connectivity index (χ1) is 15.5. The fourth-order valence-electron chi connectivity index (χ4n) is 6.47. The van der Waals surface area contributed by atoms with E-state index in [1.165, 1.54) is 30.5 Å². The van der Waals surface area contributed by atoms with Crippen molar-refractivity contribution < 1.29 is 8.78 Å². The van der Waals surface area contributed by atoms with Gasteiger partial charge in [0.2, 0.25) is 0 Å². The highest BCUT2D eigenvalue weighted by atomic mass is 35.5. The zero-order valence-electron chi connectivity index (χ0n) is 17.8. The largest absolute Gasteiger partial charge is 0.342 e. The SMILES string of the molecule is C[C@H](Cc1nc2cc(Cl)c(F)cc2[nH]1)C1CC2CC1CC2c1ccnc2ccc(F)cc12. The molecule has 0 radical (unpaired) electrons. The third-order valence-corrected chi connectivity index (χ3v) is 8.16. The summed E-state index contributed by atoms with van der Waals surface area (Å²) in [4.78, 5) is 12.3. The van der Waals surface area contributed by atoms with Crippen LogP contribution in [0, 0.1) is 35.3 Å². The molecule has 2 aromatic heterocycles. The summed E-state index contributed by atoms with van der Waals surface area (Å²) in [5.41, 5.74) is 3.53. The number of aromatic nitrogens is 3. The topological polar surface area (TPSA) is 41.6 Å². The number of pyridine rings is 1. The molecule has 5 atom stereocenters. The van der Waals surface area contributed by atoms with E-state index in [1.807, 2.05) is 6.20 Å². The molecule has 2 aromatic carbocycles. The van der Waals surface area contributed by atoms with Gasteiger partial charge in [-0.1, -0.05) is 18.5 Å². The molecule has 1 N–H and O–H groups in total. The van der Waals surface area contributed by atoms with Crippen LogP contribution in [0.2, 0.25) is 5.02 Å². The second-order valence-corrected chi connectivity index (χ2v) is 10.1. The lowest BCUT2D eigenvalue weighted by Crippen LogP contribution is -2.24. The molecule has 3 nitrogen and oxygen atoms in total. The molecule has 2 aliphatic rings. The Morgan fingerprint density at radius 3 is 2.75 bits per heavy atom. The van der Waals surface area contributed by atoms with Crippen molar-refractivity contribution in [1.29, 1.82) is 0 Å². The number of hydrogen-bond acceptors (Lipinski definition) is 2. The average molecular weight is 452 g/mol. The molecule has 0 amide bonds. The molecular weight excluding hydrogens is 428 g/mol. The van der Waals surface area contributed by atoms with E-state index in [2.05, 4.69) is 27.9 Å². The molecule has 2 fully saturated rings. The van der Waals surface area contributed by atoms with Gasteiger partial charge in [-0.2, -0.15) is 0 Å². The minimum absolute atomic E-state index is 0.103. The van der Waals surface area contributed by atoms with Crippen molar-refractivity contribution in [3.63, 3.8) is 0 Å². The van der Waals surface area contributed by atoms with E-state index < -0.39 is 5.82 Å². The fraction of sp³-hybridized carbons (Fsp3) is 0.385. The van der Waals surface area contributed by atoms with Crippen LogP contribution in [0.5, 0.6) is 0 Å². The lowest BCUT2D eigenvalue weighted by atomic mass is 9.73. The minimum Gasteiger partial charge on any atom is -0.342 e. The second-order valence-electron chi connectivity index (χ2n) is 9.71. The number of nitrogens with one attached hydrogen (secondary N) is 1. The van der Waals surface area contributed by atoms with E-state index in [1.54, 1.807) is 18.2 Å². The number of hydrogen-bond donors (Lipinski definition) is 1. The van der Waals surface area contributed by atoms with Crippen molar-refractivity contribution in [3.8, 4) is 0 Å². The van der Waals surface area contributed by atoms with Gasteiger partial charge in [-0.3, -0.25) is 4.98 Å². The lowest BCUT2D eigenvalue weighted by Gasteiger charge is -2.32. The van der Waals surface area contributed by atoms with Crippen LogP contribution in [0.1, 0.15) is 43.5 Å². The zero-order chi connectivity index (χ0) is 22.0. The smallest absolute Gasteiger partial charge is 0.144 e. The molecule has 0 saturated heterocycles. The number of rotatable bonds is 4. The summed E-state index contributed by atoms with van der Waals surface area (Å²) in [5.74, 6) is 3.18. The number of benzene rings is 2. The van der Waals surface area contributed by atoms with Crippen molar-refractivity contribution in [2.45, 2.75) is 38.5 Å². The number of nitrogens with zero attached hydrogens (tertiary/aromatic N) is 2. The summed E-state index contributed by atoms with van der Waals surface area (Å²) in [5, 5.41) is 1.06. The van der Waals surface area contributed by atoms with Gasteiger partial charge in [0.1, 0.15) is 17.5 Å². The molecule has 2 saturated carbocycles. The van der Waals surface area contributed by atoms with Gasteiger partial charge in [-0.25, -0.2) is 13.8 Å². The Morgan fingerprint density at radius 1 is 1.06 bits per heavy atom. The highest BCUT2D eigenvalue weighted by molar-refractivity contribution is 6.31. The maximum atomic E-state index is 13.9. The van der Waals surface area contributed by atoms with Crippen LogP contribution in [0.15, 0.2) is 42.6 Å². The third-order valence-electron chi connectivity index (χ3n) is 7.87. The van der Waals surface area contributed by atoms with Gasteiger partial charge >= 0.3 is 0 Å². The van der Waals surface area contributed by atoms with Crippen molar-refractivity contribution >= 4 is 33.5 Å². The maximum absolute atomic E-state index is 13.9. The van der Waals surface area contributed by atoms with E-state index >= 15 is 0 Å². The predicted octanol–water partition coefficient (Wildman–Crippen LogP) is 7.05. The zero-order valence-corrected chi connectivity index (χ0v) is 18.5. The van der Waals surface area contributed by atoms with Gasteiger partial charge in [0.15, 0.2) is 0 Å². The van der Waals surface area contributed by atoms with Gasteiger partial charge in [0.05, 0.1) is 21.6 Å². The molecule has 6 rings (SSSR count). The number of imidazole rings is 1. The summed E-state index contributed by atoms with van der Waals surface area (Å²) in [6, 6.07) is 9.99. The van der Waals surface area contributed by atoms with Crippen LogP contribution < -0.4 is 0 Å². The first kappa shape index (κ1) is 20.1. The highest BCUT2D eigenvalue weighted by Crippen LogP contribution is 2.58. The summed E-state index contributed by atoms with van der Waals surface area (Å²) in [7, 11) is 0. The Morgan fingerprint density at radius 2 is 1.94 bits per heavy atom. The highest BCUT2D eigenvalue weighted by Gasteiger charge is 2.48. The molecule has 0 spiro atoms. The minimum atomic E-state index is -0.426. The number of halogens is 3. The number of aromatic amines is 1. The van der Waals surface area contributed by atoms with Crippen LogP contribution in [0.3, 0.4) is 0 Å². The Bertz CT molecular complexity index is 1290. The van der Waals surface area contributed by atoms with Crippen LogP contribution in [-0.2, 0) is 6.42 Å². The quantitative estimate of drug-likeness (QED) is 0.361. The summed E-state index contributed by atoms with van der Waals surface area (Å²) in [6.45, 7) is 2.30. The van der Waals surface area contributed by atoms with Crippen LogP contribution in [0.25, 0.3) is 21.9 Å². The predicted molar refractivity (Wildman–Crippen MR) is 123 cm³/mol. The average Bonchev–Trinajstić information content (AvgIpc) is 3.47. The van der Waals surface area contributed by atoms with Crippen LogP contribution >= 0.6 is 11.6 Å². The van der Waals surface area contributed by atoms with E-state index in [9.17, 15) is 8.78 Å². The lowest BCUT2D eigenvalue weighted by molar-refractivity contribution is 0.224. The van der Waals surface area contributed by atoms with E-state index in [4.69, 9.17) is 11.6 Å². The molecule has 4 aromatic rings. The second kappa shape index (κ2) is 7.51. The van der Waals surface area contributed by atoms with Gasteiger partial charge in [-0.15, -0.1) is 0 Å². The van der Waals surface area contributed by atoms with E-state index in [0.29, 0.717) is 40.6 Å². The van der Waals surface area contributed by atoms with Gasteiger partial charge in [0.25, 0.3) is 0 Å². The van der Waals surface area contributed by atoms with Crippen molar-refractivity contribution in [2.24, 2.45) is 23.7 Å². The normalized spacial score (nSPS) is 25.8. The standard InChI is InChI=1S/C26H24ClF2N3/c1-13(6-26-31-24-11-21(27)22(29)12-25(24)32-26)18-8-15-7-14(18)9-19(15)17-4-5-30-23-3-2-16(28)10-20(17)23/h2-5,10-15,18-19H,6-9H2,1H3,(H,31,32)/t13-,14?,15?,18?,19?/m1/s1. The maximum Gasteiger partial charge on any atom is 0.144 e. The van der Waals surface area contributed by atoms with E-state index in [-0.39, 0.29) is 10.8 Å². The molecule has 2 bridgehead atoms. The molecule has 32 heavy (non-hydrogen) atoms. The molecule has 6 heteroatoms. The van der Waals surface area contributed by atoms with Crippen molar-refractivity contribution in [1.82, 2.24) is 15.0 Å². The van der Waals surface area contributed by atoms with Gasteiger partial charge in [0, 0.05) is 24.1 Å². The summed E-state index contributed by atoms with van der Waals surface area (Å²) >= 11 is 5.90. The number of fused-ring (bicyclic) bond motifs is 4. The Labute approximate surface area is 190 Å². The monoisotopic (exact) mass is 451 g/mol. The van der Waals surface area contributed by atoms with Crippen LogP contribution in [0.4, 0.5) is 8.78 Å². The van der Waals surface area contributed by atoms with Crippen molar-refractivity contribution in [3.05, 3.63) is 70.6 Å². The Balaban J connectivity index is 1.20. The van der Waals surface area contributed by atoms with E-state index in [0.717, 1.165) is 29.6 Å². The van der Waals surface area contributed by atoms with Gasteiger partial charge in [-0.05, 0) is 84.7 Å². The molecule has 0 aliphatic heterocycles. The fourth-order valence-corrected chi connectivity index (χ4v) is 6.63. The number of H-pyrrole nitrogens is 1. The first-order valence-electron chi connectivity index (χ1n) is 11.3. The Kier molecular flexibility index (Phi) is 4.72. The molecule has 2 heterocycles. The first-order valence-corrected chi connectivity index (χ1v) is 11.7. The molecule has 4 unspecified atom stereocenters. The molecule has 164 valence electrons. The molecule has 2 aliphatic carbocycles. The van der Waals surface area contributed by atoms with Crippen LogP contribution in [-0.4, -0.2) is 15.0 Å². The van der Waals surface area contributed by atoms with Crippen molar-refractivity contribution in [2.75, 3.05) is 0 Å². The summed E-state index contributed by atoms with van der Waals surface area (Å²) in [6.07, 6.45) is 6.28. The third kappa shape index (κ3) is 3.29.